The fraction of sp³-hybridized carbons (Fsp3) is 0.758. The molecule has 0 aromatic rings. The van der Waals surface area contributed by atoms with E-state index in [0.29, 0.717) is 19.3 Å². The number of unbranched alkanes of at least 4 members (excludes halogenated alkanes) is 29. The van der Waals surface area contributed by atoms with Gasteiger partial charge in [0.05, 0.1) is 0 Å². The zero-order chi connectivity index (χ0) is 49.3. The van der Waals surface area contributed by atoms with Crippen LogP contribution in [0.15, 0.2) is 72.9 Å². The fourth-order valence-electron chi connectivity index (χ4n) is 8.13. The van der Waals surface area contributed by atoms with Crippen LogP contribution in [0.2, 0.25) is 0 Å². The summed E-state index contributed by atoms with van der Waals surface area (Å²) < 4.78 is 16.8. The van der Waals surface area contributed by atoms with E-state index < -0.39 is 6.10 Å². The van der Waals surface area contributed by atoms with Crippen molar-refractivity contribution in [2.75, 3.05) is 13.2 Å². The molecule has 6 heteroatoms. The highest BCUT2D eigenvalue weighted by Crippen LogP contribution is 2.16. The Labute approximate surface area is 421 Å². The maximum absolute atomic E-state index is 12.8. The Bertz CT molecular complexity index is 1270. The topological polar surface area (TPSA) is 78.9 Å². The number of carbonyl (C=O) groups is 3. The molecule has 1 unspecified atom stereocenters. The average molecular weight is 950 g/mol. The van der Waals surface area contributed by atoms with Gasteiger partial charge in [-0.15, -0.1) is 0 Å². The summed E-state index contributed by atoms with van der Waals surface area (Å²) in [4.78, 5) is 38.1. The number of rotatable bonds is 52. The fourth-order valence-corrected chi connectivity index (χ4v) is 8.13. The average Bonchev–Trinajstić information content (AvgIpc) is 3.34. The molecule has 0 N–H and O–H groups in total. The first-order chi connectivity index (χ1) is 33.5. The molecule has 0 amide bonds. The Morgan fingerprint density at radius 2 is 0.603 bits per heavy atom. The molecule has 68 heavy (non-hydrogen) atoms. The molecule has 0 saturated carbocycles. The number of ether oxygens (including phenoxy) is 3. The van der Waals surface area contributed by atoms with Crippen LogP contribution in [0.25, 0.3) is 0 Å². The van der Waals surface area contributed by atoms with Crippen LogP contribution < -0.4 is 0 Å². The summed E-state index contributed by atoms with van der Waals surface area (Å²) in [5.74, 6) is -0.974. The van der Waals surface area contributed by atoms with Gasteiger partial charge in [0.2, 0.25) is 0 Å². The SMILES string of the molecule is CC/C=C\C/C=C\C/C=C\C/C=C\CCC(=O)OCC(COC(=O)CCCCCCCCCCCCC/C=C\C/C=C\CCCCCCC)OC(=O)CCCCCCCCCCCCCCCC. The molecule has 0 aliphatic carbocycles. The Kier molecular flexibility index (Phi) is 53.8. The van der Waals surface area contributed by atoms with Gasteiger partial charge < -0.3 is 14.2 Å². The molecular weight excluding hydrogens is 841 g/mol. The van der Waals surface area contributed by atoms with Gasteiger partial charge in [-0.05, 0) is 77.0 Å². The van der Waals surface area contributed by atoms with Gasteiger partial charge in [-0.1, -0.05) is 261 Å². The van der Waals surface area contributed by atoms with Crippen LogP contribution in [0.3, 0.4) is 0 Å². The molecule has 0 radical (unpaired) electrons. The third kappa shape index (κ3) is 53.8. The Hall–Kier alpha value is -3.15. The van der Waals surface area contributed by atoms with Gasteiger partial charge in [-0.25, -0.2) is 0 Å². The van der Waals surface area contributed by atoms with Crippen molar-refractivity contribution < 1.29 is 28.6 Å². The van der Waals surface area contributed by atoms with Gasteiger partial charge in [0, 0.05) is 19.3 Å². The van der Waals surface area contributed by atoms with Crippen LogP contribution in [0.4, 0.5) is 0 Å². The predicted molar refractivity (Wildman–Crippen MR) is 293 cm³/mol. The largest absolute Gasteiger partial charge is 0.462 e. The molecule has 0 aliphatic rings. The first-order valence-electron chi connectivity index (χ1n) is 28.9. The maximum Gasteiger partial charge on any atom is 0.306 e. The van der Waals surface area contributed by atoms with E-state index in [4.69, 9.17) is 14.2 Å². The molecule has 6 nitrogen and oxygen atoms in total. The lowest BCUT2D eigenvalue weighted by atomic mass is 10.0. The van der Waals surface area contributed by atoms with Crippen molar-refractivity contribution in [2.24, 2.45) is 0 Å². The van der Waals surface area contributed by atoms with Crippen molar-refractivity contribution in [3.8, 4) is 0 Å². The molecule has 392 valence electrons. The van der Waals surface area contributed by atoms with Crippen LogP contribution in [0.1, 0.15) is 284 Å². The standard InChI is InChI=1S/C62H108O6/c1-4-7-10-13-16-19-22-25-27-28-29-30-31-32-33-34-35-38-40-43-46-49-52-55-61(64)67-58-59(57-66-60(63)54-51-48-45-42-39-36-24-21-18-15-12-9-6-3)68-62(65)56-53-50-47-44-41-37-26-23-20-17-14-11-8-5-2/h9,12,18,21-22,25,28-29,36,39,45,48,59H,4-8,10-11,13-17,19-20,23-24,26-27,30-35,37-38,40-44,46-47,49-58H2,1-3H3/b12-9-,21-18-,25-22-,29-28-,39-36-,48-45-. The molecule has 0 bridgehead atoms. The number of allylic oxidation sites excluding steroid dienone is 12. The summed E-state index contributed by atoms with van der Waals surface area (Å²) in [6.07, 6.45) is 72.0. The number of carbonyl (C=O) groups excluding carboxylic acids is 3. The summed E-state index contributed by atoms with van der Waals surface area (Å²) in [5, 5.41) is 0. The van der Waals surface area contributed by atoms with Crippen LogP contribution >= 0.6 is 0 Å². The van der Waals surface area contributed by atoms with E-state index in [9.17, 15) is 14.4 Å². The van der Waals surface area contributed by atoms with Gasteiger partial charge in [0.1, 0.15) is 13.2 Å². The summed E-state index contributed by atoms with van der Waals surface area (Å²) >= 11 is 0. The maximum atomic E-state index is 12.8. The zero-order valence-electron chi connectivity index (χ0n) is 44.9. The van der Waals surface area contributed by atoms with Crippen molar-refractivity contribution >= 4 is 17.9 Å². The van der Waals surface area contributed by atoms with Crippen molar-refractivity contribution in [1.82, 2.24) is 0 Å². The van der Waals surface area contributed by atoms with E-state index in [1.54, 1.807) is 0 Å². The van der Waals surface area contributed by atoms with Gasteiger partial charge in [0.25, 0.3) is 0 Å². The molecule has 0 aromatic carbocycles. The van der Waals surface area contributed by atoms with E-state index in [1.165, 1.54) is 167 Å². The lowest BCUT2D eigenvalue weighted by molar-refractivity contribution is -0.166. The van der Waals surface area contributed by atoms with Gasteiger partial charge >= 0.3 is 17.9 Å². The molecular formula is C62H108O6. The van der Waals surface area contributed by atoms with E-state index in [0.717, 1.165) is 70.6 Å². The summed E-state index contributed by atoms with van der Waals surface area (Å²) in [6.45, 7) is 6.47. The van der Waals surface area contributed by atoms with Crippen molar-refractivity contribution in [3.05, 3.63) is 72.9 Å². The first-order valence-corrected chi connectivity index (χ1v) is 28.9. The molecule has 0 saturated heterocycles. The second-order valence-corrected chi connectivity index (χ2v) is 19.2. The molecule has 0 rings (SSSR count). The van der Waals surface area contributed by atoms with Crippen LogP contribution in [0.5, 0.6) is 0 Å². The molecule has 0 aliphatic heterocycles. The Morgan fingerprint density at radius 3 is 0.985 bits per heavy atom. The van der Waals surface area contributed by atoms with Gasteiger partial charge in [-0.3, -0.25) is 14.4 Å². The number of hydrogen-bond acceptors (Lipinski definition) is 6. The van der Waals surface area contributed by atoms with Gasteiger partial charge in [0.15, 0.2) is 6.10 Å². The third-order valence-electron chi connectivity index (χ3n) is 12.5. The first kappa shape index (κ1) is 64.8. The number of esters is 3. The van der Waals surface area contributed by atoms with E-state index in [1.807, 2.05) is 6.08 Å². The quantitative estimate of drug-likeness (QED) is 0.0262. The third-order valence-corrected chi connectivity index (χ3v) is 12.5. The summed E-state index contributed by atoms with van der Waals surface area (Å²) in [7, 11) is 0. The van der Waals surface area contributed by atoms with E-state index >= 15 is 0 Å². The Balaban J connectivity index is 4.34. The van der Waals surface area contributed by atoms with E-state index in [2.05, 4.69) is 87.6 Å². The minimum absolute atomic E-state index is 0.0961. The smallest absolute Gasteiger partial charge is 0.306 e. The van der Waals surface area contributed by atoms with Gasteiger partial charge in [-0.2, -0.15) is 0 Å². The van der Waals surface area contributed by atoms with E-state index in [-0.39, 0.29) is 37.5 Å². The molecule has 0 heterocycles. The zero-order valence-corrected chi connectivity index (χ0v) is 44.9. The monoisotopic (exact) mass is 949 g/mol. The summed E-state index contributed by atoms with van der Waals surface area (Å²) in [6, 6.07) is 0. The van der Waals surface area contributed by atoms with Crippen LogP contribution in [-0.4, -0.2) is 37.2 Å². The highest BCUT2D eigenvalue weighted by Gasteiger charge is 2.19. The normalized spacial score (nSPS) is 12.6. The minimum Gasteiger partial charge on any atom is -0.462 e. The van der Waals surface area contributed by atoms with Crippen molar-refractivity contribution in [1.29, 1.82) is 0 Å². The van der Waals surface area contributed by atoms with Crippen LogP contribution in [0, 0.1) is 0 Å². The Morgan fingerprint density at radius 1 is 0.309 bits per heavy atom. The predicted octanol–water partition coefficient (Wildman–Crippen LogP) is 19.4. The van der Waals surface area contributed by atoms with Crippen LogP contribution in [-0.2, 0) is 28.6 Å². The molecule has 0 fully saturated rings. The minimum atomic E-state index is -0.802. The highest BCUT2D eigenvalue weighted by molar-refractivity contribution is 5.71. The summed E-state index contributed by atoms with van der Waals surface area (Å²) in [5.41, 5.74) is 0. The number of hydrogen-bond donors (Lipinski definition) is 0. The lowest BCUT2D eigenvalue weighted by Crippen LogP contribution is -2.30. The molecule has 0 spiro atoms. The highest BCUT2D eigenvalue weighted by atomic mass is 16.6. The molecule has 0 aromatic heterocycles. The second kappa shape index (κ2) is 56.4. The lowest BCUT2D eigenvalue weighted by Gasteiger charge is -2.18. The molecule has 1 atom stereocenters. The van der Waals surface area contributed by atoms with Crippen molar-refractivity contribution in [3.63, 3.8) is 0 Å². The second-order valence-electron chi connectivity index (χ2n) is 19.2. The van der Waals surface area contributed by atoms with Crippen molar-refractivity contribution in [2.45, 2.75) is 290 Å².